The zero-order valence-corrected chi connectivity index (χ0v) is 17.8. The molecule has 2 aliphatic heterocycles. The highest BCUT2D eigenvalue weighted by Crippen LogP contribution is 2.24. The fourth-order valence-corrected chi connectivity index (χ4v) is 4.97. The topological polar surface area (TPSA) is 88.0 Å². The highest BCUT2D eigenvalue weighted by atomic mass is 32.2. The van der Waals surface area contributed by atoms with Gasteiger partial charge in [0.25, 0.3) is 5.91 Å². The Labute approximate surface area is 167 Å². The zero-order chi connectivity index (χ0) is 20.3. The van der Waals surface area contributed by atoms with E-state index in [1.54, 1.807) is 40.4 Å². The Balaban J connectivity index is 1.66. The third-order valence-electron chi connectivity index (χ3n) is 5.80. The highest BCUT2D eigenvalue weighted by Gasteiger charge is 2.36. The lowest BCUT2D eigenvalue weighted by atomic mass is 10.0. The summed E-state index contributed by atoms with van der Waals surface area (Å²) in [5.41, 5.74) is 0.559. The summed E-state index contributed by atoms with van der Waals surface area (Å²) in [7, 11) is 0.436. The monoisotopic (exact) mass is 413 g/mol. The van der Waals surface area contributed by atoms with Crippen molar-refractivity contribution in [3.05, 3.63) is 18.2 Å². The minimum Gasteiger partial charge on any atom is -0.381 e. The number of amides is 1. The molecule has 9 nitrogen and oxygen atoms in total. The molecule has 0 saturated carbocycles. The third kappa shape index (κ3) is 4.91. The molecule has 0 aromatic carbocycles. The number of ether oxygens (including phenoxy) is 1. The number of hydrogen-bond donors (Lipinski definition) is 0. The number of hydrogen-bond acceptors (Lipinski definition) is 6. The molecule has 0 spiro atoms. The molecular formula is C18H31N5O4S. The second kappa shape index (κ2) is 8.89. The fourth-order valence-electron chi connectivity index (χ4n) is 4.09. The Morgan fingerprint density at radius 1 is 1.25 bits per heavy atom. The van der Waals surface area contributed by atoms with Gasteiger partial charge in [0.2, 0.25) is 10.0 Å². The third-order valence-corrected chi connectivity index (χ3v) is 7.07. The molecule has 2 aliphatic rings. The van der Waals surface area contributed by atoms with Gasteiger partial charge >= 0.3 is 0 Å². The van der Waals surface area contributed by atoms with E-state index in [9.17, 15) is 13.2 Å². The van der Waals surface area contributed by atoms with Gasteiger partial charge in [-0.15, -0.1) is 0 Å². The van der Waals surface area contributed by atoms with Crippen LogP contribution in [0.5, 0.6) is 0 Å². The normalized spacial score (nSPS) is 22.1. The van der Waals surface area contributed by atoms with Crippen LogP contribution in [0.4, 0.5) is 0 Å². The van der Waals surface area contributed by atoms with Crippen molar-refractivity contribution in [3.63, 3.8) is 0 Å². The zero-order valence-electron chi connectivity index (χ0n) is 17.0. The fraction of sp³-hybridized carbons (Fsp3) is 0.778. The maximum absolute atomic E-state index is 12.7. The van der Waals surface area contributed by atoms with Crippen LogP contribution in [-0.4, -0.2) is 103 Å². The lowest BCUT2D eigenvalue weighted by molar-refractivity contribution is 0.0157. The SMILES string of the molecule is CN(CCN(C1CCOCC1)C1CCN(S(C)(=O)=O)C1)C(=O)c1cncn1C. The van der Waals surface area contributed by atoms with Crippen molar-refractivity contribution in [2.45, 2.75) is 31.3 Å². The number of carbonyl (C=O) groups excluding carboxylic acids is 1. The number of rotatable bonds is 7. The van der Waals surface area contributed by atoms with Crippen LogP contribution < -0.4 is 0 Å². The van der Waals surface area contributed by atoms with E-state index in [0.29, 0.717) is 37.9 Å². The van der Waals surface area contributed by atoms with Crippen LogP contribution in [0.25, 0.3) is 0 Å². The van der Waals surface area contributed by atoms with Crippen molar-refractivity contribution in [1.82, 2.24) is 23.7 Å². The summed E-state index contributed by atoms with van der Waals surface area (Å²) < 4.78 is 32.6. The molecule has 158 valence electrons. The number of imidazole rings is 1. The maximum atomic E-state index is 12.7. The van der Waals surface area contributed by atoms with Crippen molar-refractivity contribution in [1.29, 1.82) is 0 Å². The molecule has 1 unspecified atom stereocenters. The van der Waals surface area contributed by atoms with E-state index >= 15 is 0 Å². The minimum atomic E-state index is -3.17. The predicted molar refractivity (Wildman–Crippen MR) is 106 cm³/mol. The van der Waals surface area contributed by atoms with Gasteiger partial charge in [0.05, 0.1) is 18.8 Å². The van der Waals surface area contributed by atoms with Gasteiger partial charge in [-0.3, -0.25) is 9.69 Å². The Morgan fingerprint density at radius 3 is 2.54 bits per heavy atom. The Bertz CT molecular complexity index is 775. The quantitative estimate of drug-likeness (QED) is 0.626. The molecule has 10 heteroatoms. The lowest BCUT2D eigenvalue weighted by Gasteiger charge is -2.39. The number of likely N-dealkylation sites (N-methyl/N-ethyl adjacent to an activating group) is 1. The summed E-state index contributed by atoms with van der Waals surface area (Å²) in [6, 6.07) is 0.538. The summed E-state index contributed by atoms with van der Waals surface area (Å²) >= 11 is 0. The number of carbonyl (C=O) groups is 1. The summed E-state index contributed by atoms with van der Waals surface area (Å²) in [6.07, 6.45) is 7.17. The number of aryl methyl sites for hydroxylation is 1. The average molecular weight is 414 g/mol. The van der Waals surface area contributed by atoms with Crippen molar-refractivity contribution in [2.75, 3.05) is 52.7 Å². The van der Waals surface area contributed by atoms with Crippen LogP contribution in [0.2, 0.25) is 0 Å². The van der Waals surface area contributed by atoms with E-state index in [0.717, 1.165) is 32.5 Å². The highest BCUT2D eigenvalue weighted by molar-refractivity contribution is 7.88. The van der Waals surface area contributed by atoms with Crippen LogP contribution >= 0.6 is 0 Å². The van der Waals surface area contributed by atoms with Crippen LogP contribution in [0.3, 0.4) is 0 Å². The van der Waals surface area contributed by atoms with Gasteiger partial charge in [0.1, 0.15) is 5.69 Å². The number of nitrogens with zero attached hydrogens (tertiary/aromatic N) is 5. The first-order valence-corrected chi connectivity index (χ1v) is 11.6. The lowest BCUT2D eigenvalue weighted by Crippen LogP contribution is -2.50. The van der Waals surface area contributed by atoms with Crippen LogP contribution in [0, 0.1) is 0 Å². The first-order valence-electron chi connectivity index (χ1n) is 9.77. The first kappa shape index (κ1) is 21.2. The van der Waals surface area contributed by atoms with Crippen molar-refractivity contribution < 1.29 is 17.9 Å². The molecule has 1 atom stereocenters. The van der Waals surface area contributed by atoms with Crippen LogP contribution in [0.15, 0.2) is 12.5 Å². The molecule has 0 aliphatic carbocycles. The summed E-state index contributed by atoms with van der Waals surface area (Å²) in [5.74, 6) is -0.0592. The summed E-state index contributed by atoms with van der Waals surface area (Å²) in [5, 5.41) is 0. The molecule has 3 heterocycles. The second-order valence-electron chi connectivity index (χ2n) is 7.76. The van der Waals surface area contributed by atoms with Gasteiger partial charge in [-0.25, -0.2) is 17.7 Å². The standard InChI is InChI=1S/C18H31N5O4S/c1-20(18(24)17-12-19-14-21(17)2)8-9-23(15-5-10-27-11-6-15)16-4-7-22(13-16)28(3,25)26/h12,14-16H,4-11,13H2,1-3H3. The Morgan fingerprint density at radius 2 is 1.96 bits per heavy atom. The molecule has 0 N–H and O–H groups in total. The van der Waals surface area contributed by atoms with Gasteiger partial charge in [0.15, 0.2) is 0 Å². The van der Waals surface area contributed by atoms with Crippen LogP contribution in [-0.2, 0) is 21.8 Å². The average Bonchev–Trinajstić information content (AvgIpc) is 3.31. The van der Waals surface area contributed by atoms with E-state index in [-0.39, 0.29) is 11.9 Å². The second-order valence-corrected chi connectivity index (χ2v) is 9.74. The largest absolute Gasteiger partial charge is 0.381 e. The van der Waals surface area contributed by atoms with Crippen molar-refractivity contribution in [3.8, 4) is 0 Å². The molecule has 1 aromatic rings. The van der Waals surface area contributed by atoms with E-state index in [1.807, 2.05) is 0 Å². The number of aromatic nitrogens is 2. The molecule has 3 rings (SSSR count). The van der Waals surface area contributed by atoms with Crippen molar-refractivity contribution >= 4 is 15.9 Å². The Kier molecular flexibility index (Phi) is 6.74. The molecule has 28 heavy (non-hydrogen) atoms. The first-order chi connectivity index (χ1) is 13.3. The van der Waals surface area contributed by atoms with Gasteiger partial charge in [0, 0.05) is 65.6 Å². The number of sulfonamides is 1. The molecule has 1 amide bonds. The summed E-state index contributed by atoms with van der Waals surface area (Å²) in [4.78, 5) is 20.8. The summed E-state index contributed by atoms with van der Waals surface area (Å²) in [6.45, 7) is 3.84. The van der Waals surface area contributed by atoms with Gasteiger partial charge in [-0.2, -0.15) is 0 Å². The van der Waals surface area contributed by atoms with E-state index in [4.69, 9.17) is 4.74 Å². The van der Waals surface area contributed by atoms with Gasteiger partial charge in [-0.05, 0) is 19.3 Å². The smallest absolute Gasteiger partial charge is 0.271 e. The molecule has 2 fully saturated rings. The maximum Gasteiger partial charge on any atom is 0.271 e. The molecular weight excluding hydrogens is 382 g/mol. The molecule has 2 saturated heterocycles. The van der Waals surface area contributed by atoms with E-state index in [1.165, 1.54) is 6.26 Å². The molecule has 1 aromatic heterocycles. The Hall–Kier alpha value is -1.49. The van der Waals surface area contributed by atoms with E-state index < -0.39 is 10.0 Å². The van der Waals surface area contributed by atoms with Gasteiger partial charge in [-0.1, -0.05) is 0 Å². The van der Waals surface area contributed by atoms with E-state index in [2.05, 4.69) is 9.88 Å². The molecule has 0 bridgehead atoms. The minimum absolute atomic E-state index is 0.0592. The predicted octanol–water partition coefficient (Wildman–Crippen LogP) is 0.00700. The van der Waals surface area contributed by atoms with Crippen LogP contribution in [0.1, 0.15) is 29.8 Å². The van der Waals surface area contributed by atoms with Crippen molar-refractivity contribution in [2.24, 2.45) is 7.05 Å². The molecule has 0 radical (unpaired) electrons. The van der Waals surface area contributed by atoms with Gasteiger partial charge < -0.3 is 14.2 Å².